The molecule has 0 saturated heterocycles. The molecule has 7 heteroatoms. The van der Waals surface area contributed by atoms with Gasteiger partial charge in [-0.05, 0) is 58.9 Å². The Labute approximate surface area is 136 Å². The lowest BCUT2D eigenvalue weighted by molar-refractivity contribution is -0.146. The number of carbonyl (C=O) groups is 1. The number of rotatable bonds is 7. The maximum absolute atomic E-state index is 12.1. The Morgan fingerprint density at radius 1 is 1.50 bits per heavy atom. The summed E-state index contributed by atoms with van der Waals surface area (Å²) in [6, 6.07) is 1.29. The monoisotopic (exact) mass is 407 g/mol. The number of nitrogens with one attached hydrogen (secondary N) is 1. The van der Waals surface area contributed by atoms with Gasteiger partial charge >= 0.3 is 5.97 Å². The van der Waals surface area contributed by atoms with Gasteiger partial charge in [0.05, 0.1) is 12.3 Å². The molecule has 1 N–H and O–H groups in total. The van der Waals surface area contributed by atoms with Gasteiger partial charge in [0.15, 0.2) is 0 Å². The number of carbonyl (C=O) groups excluding carboxylic acids is 1. The third-order valence-corrected chi connectivity index (χ3v) is 3.61. The molecule has 1 unspecified atom stereocenters. The molecule has 112 valence electrons. The molecule has 20 heavy (non-hydrogen) atoms. The number of pyridine rings is 1. The van der Waals surface area contributed by atoms with Crippen LogP contribution in [0.25, 0.3) is 0 Å². The lowest BCUT2D eigenvalue weighted by atomic mass is 10.2. The van der Waals surface area contributed by atoms with Crippen LogP contribution < -0.4 is 5.32 Å². The number of likely N-dealkylation sites (N-methyl/N-ethyl adjacent to an activating group) is 1. The number of hydrogen-bond donors (Lipinski definition) is 1. The van der Waals surface area contributed by atoms with Crippen molar-refractivity contribution in [2.75, 3.05) is 33.8 Å². The quantitative estimate of drug-likeness (QED) is 0.702. The molecule has 0 aromatic carbocycles. The molecule has 0 spiro atoms. The molecular weight excluding hydrogens is 390 g/mol. The molecule has 1 aromatic heterocycles. The van der Waals surface area contributed by atoms with Crippen LogP contribution in [-0.2, 0) is 9.53 Å². The Balaban J connectivity index is 2.88. The average Bonchev–Trinajstić information content (AvgIpc) is 2.35. The summed E-state index contributed by atoms with van der Waals surface area (Å²) in [5, 5.41) is 3.19. The van der Waals surface area contributed by atoms with Gasteiger partial charge in [-0.2, -0.15) is 0 Å². The average molecular weight is 409 g/mol. The molecule has 1 aromatic rings. The van der Waals surface area contributed by atoms with Crippen LogP contribution in [0, 0.1) is 0 Å². The first-order valence-electron chi connectivity index (χ1n) is 6.31. The standard InChI is InChI=1S/C13H19Br2N3O2/c1-4-20-13(19)12(16-5-6-18(2)3)11-10(15)7-9(14)8-17-11/h7-8,12,16H,4-6H2,1-3H3. The van der Waals surface area contributed by atoms with Gasteiger partial charge in [-0.15, -0.1) is 0 Å². The fraction of sp³-hybridized carbons (Fsp3) is 0.538. The molecule has 0 saturated carbocycles. The Kier molecular flexibility index (Phi) is 7.65. The largest absolute Gasteiger partial charge is 0.465 e. The number of esters is 1. The summed E-state index contributed by atoms with van der Waals surface area (Å²) in [6.07, 6.45) is 1.67. The van der Waals surface area contributed by atoms with Crippen molar-refractivity contribution in [3.05, 3.63) is 26.9 Å². The molecule has 0 aliphatic carbocycles. The van der Waals surface area contributed by atoms with E-state index in [1.807, 2.05) is 25.1 Å². The highest BCUT2D eigenvalue weighted by atomic mass is 79.9. The number of nitrogens with zero attached hydrogens (tertiary/aromatic N) is 2. The van der Waals surface area contributed by atoms with Crippen LogP contribution in [0.5, 0.6) is 0 Å². The van der Waals surface area contributed by atoms with Crippen molar-refractivity contribution in [2.24, 2.45) is 0 Å². The minimum Gasteiger partial charge on any atom is -0.465 e. The predicted octanol–water partition coefficient (Wildman–Crippen LogP) is 2.36. The van der Waals surface area contributed by atoms with Crippen LogP contribution in [0.2, 0.25) is 0 Å². The summed E-state index contributed by atoms with van der Waals surface area (Å²) < 4.78 is 6.73. The van der Waals surface area contributed by atoms with E-state index in [0.717, 1.165) is 15.5 Å². The van der Waals surface area contributed by atoms with Crippen molar-refractivity contribution in [2.45, 2.75) is 13.0 Å². The summed E-state index contributed by atoms with van der Waals surface area (Å²) in [5.74, 6) is -0.318. The summed E-state index contributed by atoms with van der Waals surface area (Å²) in [5.41, 5.74) is 0.630. The van der Waals surface area contributed by atoms with E-state index in [-0.39, 0.29) is 5.97 Å². The second-order valence-corrected chi connectivity index (χ2v) is 6.23. The number of halogens is 2. The van der Waals surface area contributed by atoms with Gasteiger partial charge in [-0.3, -0.25) is 10.3 Å². The van der Waals surface area contributed by atoms with Gasteiger partial charge in [0, 0.05) is 28.2 Å². The van der Waals surface area contributed by atoms with Crippen molar-refractivity contribution in [1.29, 1.82) is 0 Å². The summed E-state index contributed by atoms with van der Waals surface area (Å²) >= 11 is 6.79. The van der Waals surface area contributed by atoms with E-state index in [0.29, 0.717) is 18.8 Å². The van der Waals surface area contributed by atoms with E-state index in [2.05, 4.69) is 42.2 Å². The molecule has 5 nitrogen and oxygen atoms in total. The van der Waals surface area contributed by atoms with E-state index < -0.39 is 6.04 Å². The Morgan fingerprint density at radius 3 is 2.75 bits per heavy atom. The van der Waals surface area contributed by atoms with Crippen molar-refractivity contribution in [3.8, 4) is 0 Å². The maximum atomic E-state index is 12.1. The third-order valence-electron chi connectivity index (χ3n) is 2.54. The molecule has 0 bridgehead atoms. The highest BCUT2D eigenvalue weighted by molar-refractivity contribution is 9.11. The topological polar surface area (TPSA) is 54.5 Å². The van der Waals surface area contributed by atoms with E-state index in [1.54, 1.807) is 13.1 Å². The van der Waals surface area contributed by atoms with Crippen LogP contribution in [0.3, 0.4) is 0 Å². The van der Waals surface area contributed by atoms with Gasteiger partial charge in [-0.25, -0.2) is 4.79 Å². The smallest absolute Gasteiger partial charge is 0.329 e. The van der Waals surface area contributed by atoms with Crippen LogP contribution in [0.4, 0.5) is 0 Å². The zero-order chi connectivity index (χ0) is 15.1. The third kappa shape index (κ3) is 5.47. The zero-order valence-electron chi connectivity index (χ0n) is 11.8. The summed E-state index contributed by atoms with van der Waals surface area (Å²) in [4.78, 5) is 18.4. The first-order valence-corrected chi connectivity index (χ1v) is 7.90. The molecule has 1 rings (SSSR count). The predicted molar refractivity (Wildman–Crippen MR) is 85.6 cm³/mol. The van der Waals surface area contributed by atoms with E-state index in [1.165, 1.54) is 0 Å². The maximum Gasteiger partial charge on any atom is 0.329 e. The fourth-order valence-electron chi connectivity index (χ4n) is 1.59. The van der Waals surface area contributed by atoms with Gasteiger partial charge < -0.3 is 9.64 Å². The van der Waals surface area contributed by atoms with Gasteiger partial charge in [0.1, 0.15) is 6.04 Å². The van der Waals surface area contributed by atoms with Crippen molar-refractivity contribution in [3.63, 3.8) is 0 Å². The van der Waals surface area contributed by atoms with Crippen molar-refractivity contribution >= 4 is 37.8 Å². The second kappa shape index (κ2) is 8.71. The van der Waals surface area contributed by atoms with Crippen LogP contribution in [-0.4, -0.2) is 49.6 Å². The van der Waals surface area contributed by atoms with E-state index in [9.17, 15) is 4.79 Å². The first-order chi connectivity index (χ1) is 9.45. The summed E-state index contributed by atoms with van der Waals surface area (Å²) in [6.45, 7) is 3.63. The molecule has 0 amide bonds. The summed E-state index contributed by atoms with van der Waals surface area (Å²) in [7, 11) is 3.96. The van der Waals surface area contributed by atoms with E-state index >= 15 is 0 Å². The normalized spacial score (nSPS) is 12.5. The number of aromatic nitrogens is 1. The minimum absolute atomic E-state index is 0.318. The molecule has 0 radical (unpaired) electrons. The highest BCUT2D eigenvalue weighted by Gasteiger charge is 2.25. The molecule has 0 fully saturated rings. The molecule has 0 aliphatic rings. The lowest BCUT2D eigenvalue weighted by Crippen LogP contribution is -2.35. The SMILES string of the molecule is CCOC(=O)C(NCCN(C)C)c1ncc(Br)cc1Br. The minimum atomic E-state index is -0.572. The first kappa shape index (κ1) is 17.6. The Bertz CT molecular complexity index is 455. The number of hydrogen-bond acceptors (Lipinski definition) is 5. The second-order valence-electron chi connectivity index (χ2n) is 4.46. The van der Waals surface area contributed by atoms with Gasteiger partial charge in [-0.1, -0.05) is 0 Å². The number of ether oxygens (including phenoxy) is 1. The molecular formula is C13H19Br2N3O2. The molecule has 1 heterocycles. The Hall–Kier alpha value is -0.500. The van der Waals surface area contributed by atoms with Crippen molar-refractivity contribution < 1.29 is 9.53 Å². The fourth-order valence-corrected chi connectivity index (χ4v) is 2.80. The van der Waals surface area contributed by atoms with Crippen molar-refractivity contribution in [1.82, 2.24) is 15.2 Å². The molecule has 0 aliphatic heterocycles. The lowest BCUT2D eigenvalue weighted by Gasteiger charge is -2.19. The molecule has 1 atom stereocenters. The highest BCUT2D eigenvalue weighted by Crippen LogP contribution is 2.25. The van der Waals surface area contributed by atoms with E-state index in [4.69, 9.17) is 4.74 Å². The van der Waals surface area contributed by atoms with Crippen LogP contribution in [0.15, 0.2) is 21.2 Å². The Morgan fingerprint density at radius 2 is 2.20 bits per heavy atom. The van der Waals surface area contributed by atoms with Crippen LogP contribution in [0.1, 0.15) is 18.7 Å². The van der Waals surface area contributed by atoms with Gasteiger partial charge in [0.2, 0.25) is 0 Å². The van der Waals surface area contributed by atoms with Gasteiger partial charge in [0.25, 0.3) is 0 Å². The zero-order valence-corrected chi connectivity index (χ0v) is 15.0. The van der Waals surface area contributed by atoms with Crippen LogP contribution >= 0.6 is 31.9 Å².